The van der Waals surface area contributed by atoms with Crippen molar-refractivity contribution in [3.63, 3.8) is 0 Å². The van der Waals surface area contributed by atoms with Crippen LogP contribution in [0.15, 0.2) is 41.3 Å². The molecule has 0 bridgehead atoms. The van der Waals surface area contributed by atoms with Crippen molar-refractivity contribution in [1.82, 2.24) is 0 Å². The van der Waals surface area contributed by atoms with Gasteiger partial charge in [0.1, 0.15) is 10.6 Å². The van der Waals surface area contributed by atoms with Gasteiger partial charge in [-0.05, 0) is 36.4 Å². The number of rotatable bonds is 5. The van der Waals surface area contributed by atoms with Crippen LogP contribution in [-0.4, -0.2) is 21.2 Å². The van der Waals surface area contributed by atoms with Gasteiger partial charge in [0, 0.05) is 0 Å². The molecular weight excluding hydrogens is 493 g/mol. The highest BCUT2D eigenvalue weighted by atomic mass is 35.5. The van der Waals surface area contributed by atoms with Crippen LogP contribution < -0.4 is 9.46 Å². The van der Waals surface area contributed by atoms with Gasteiger partial charge in [-0.25, -0.2) is 8.42 Å². The molecule has 0 aliphatic rings. The predicted molar refractivity (Wildman–Crippen MR) is 90.3 cm³/mol. The second kappa shape index (κ2) is 8.30. The van der Waals surface area contributed by atoms with Crippen LogP contribution >= 0.6 is 11.6 Å². The molecule has 0 saturated heterocycles. The second-order valence-electron chi connectivity index (χ2n) is 5.86. The zero-order chi connectivity index (χ0) is 23.8. The van der Waals surface area contributed by atoms with Crippen molar-refractivity contribution >= 4 is 27.3 Å². The predicted octanol–water partition coefficient (Wildman–Crippen LogP) is 6.12. The van der Waals surface area contributed by atoms with Gasteiger partial charge in [0.2, 0.25) is 0 Å². The lowest BCUT2D eigenvalue weighted by atomic mass is 10.2. The number of hydrogen-bond acceptors (Lipinski definition) is 3. The molecule has 0 aromatic heterocycles. The summed E-state index contributed by atoms with van der Waals surface area (Å²) in [7, 11) is -5.07. The monoisotopic (exact) mass is 501 g/mol. The summed E-state index contributed by atoms with van der Waals surface area (Å²) in [4.78, 5) is -1.33. The first kappa shape index (κ1) is 24.9. The number of alkyl halides is 9. The molecule has 15 heteroatoms. The normalized spacial score (nSPS) is 13.2. The van der Waals surface area contributed by atoms with Crippen molar-refractivity contribution in [1.29, 1.82) is 0 Å². The zero-order valence-corrected chi connectivity index (χ0v) is 16.2. The summed E-state index contributed by atoms with van der Waals surface area (Å²) >= 11 is 5.61. The first-order valence-corrected chi connectivity index (χ1v) is 9.56. The third-order valence-corrected chi connectivity index (χ3v) is 5.19. The van der Waals surface area contributed by atoms with Gasteiger partial charge in [-0.2, -0.15) is 39.5 Å². The lowest BCUT2D eigenvalue weighted by Crippen LogP contribution is -2.22. The Labute approximate surface area is 173 Å². The van der Waals surface area contributed by atoms with Crippen molar-refractivity contribution in [2.24, 2.45) is 0 Å². The lowest BCUT2D eigenvalue weighted by molar-refractivity contribution is -0.154. The standard InChI is InChI=1S/C16H9ClF9NO3S/c17-10-5-8(15(21,22)23)1-3-11(10)27-31(28,29)13-6-9(16(24,25)26)2-4-12(13)30-7-14(18,19)20/h1-6,27H,7H2. The van der Waals surface area contributed by atoms with E-state index in [1.165, 1.54) is 0 Å². The highest BCUT2D eigenvalue weighted by Crippen LogP contribution is 2.38. The molecule has 2 aromatic carbocycles. The molecule has 1 N–H and O–H groups in total. The smallest absolute Gasteiger partial charge is 0.422 e. The second-order valence-corrected chi connectivity index (χ2v) is 7.92. The Kier molecular flexibility index (Phi) is 6.67. The zero-order valence-electron chi connectivity index (χ0n) is 14.6. The van der Waals surface area contributed by atoms with E-state index in [1.807, 2.05) is 0 Å². The molecule has 0 aliphatic carbocycles. The van der Waals surface area contributed by atoms with Gasteiger partial charge in [0.05, 0.1) is 21.8 Å². The molecule has 2 rings (SSSR count). The minimum absolute atomic E-state index is 0.0199. The van der Waals surface area contributed by atoms with E-state index in [-0.39, 0.29) is 6.07 Å². The molecule has 172 valence electrons. The third-order valence-electron chi connectivity index (χ3n) is 3.49. The quantitative estimate of drug-likeness (QED) is 0.502. The average molecular weight is 502 g/mol. The fraction of sp³-hybridized carbons (Fsp3) is 0.250. The fourth-order valence-electron chi connectivity index (χ4n) is 2.15. The minimum atomic E-state index is -5.07. The van der Waals surface area contributed by atoms with Crippen LogP contribution in [0, 0.1) is 0 Å². The van der Waals surface area contributed by atoms with Gasteiger partial charge in [0.25, 0.3) is 10.0 Å². The molecular formula is C16H9ClF9NO3S. The molecule has 4 nitrogen and oxygen atoms in total. The molecule has 0 heterocycles. The van der Waals surface area contributed by atoms with E-state index >= 15 is 0 Å². The van der Waals surface area contributed by atoms with Crippen LogP contribution in [0.25, 0.3) is 0 Å². The van der Waals surface area contributed by atoms with Crippen molar-refractivity contribution < 1.29 is 52.7 Å². The molecule has 0 saturated carbocycles. The molecule has 0 fully saturated rings. The summed E-state index contributed by atoms with van der Waals surface area (Å²) in [6.45, 7) is -2.01. The molecule has 0 amide bonds. The molecule has 0 radical (unpaired) electrons. The number of benzene rings is 2. The molecule has 0 atom stereocenters. The Balaban J connectivity index is 2.50. The first-order chi connectivity index (χ1) is 13.9. The maximum Gasteiger partial charge on any atom is 0.422 e. The Hall–Kier alpha value is -2.35. The molecule has 0 unspecified atom stereocenters. The van der Waals surface area contributed by atoms with Crippen LogP contribution in [0.3, 0.4) is 0 Å². The van der Waals surface area contributed by atoms with Crippen LogP contribution in [0.5, 0.6) is 5.75 Å². The lowest BCUT2D eigenvalue weighted by Gasteiger charge is -2.17. The summed E-state index contributed by atoms with van der Waals surface area (Å²) in [6.07, 6.45) is -14.8. The maximum absolute atomic E-state index is 12.9. The van der Waals surface area contributed by atoms with Crippen molar-refractivity contribution in [3.05, 3.63) is 52.5 Å². The highest BCUT2D eigenvalue weighted by Gasteiger charge is 2.35. The fourth-order valence-corrected chi connectivity index (χ4v) is 3.68. The van der Waals surface area contributed by atoms with E-state index in [4.69, 9.17) is 11.6 Å². The van der Waals surface area contributed by atoms with Crippen molar-refractivity contribution in [2.45, 2.75) is 23.4 Å². The maximum atomic E-state index is 12.9. The largest absolute Gasteiger partial charge is 0.483 e. The number of ether oxygens (including phenoxy) is 1. The van der Waals surface area contributed by atoms with E-state index in [0.717, 1.165) is 0 Å². The molecule has 2 aromatic rings. The topological polar surface area (TPSA) is 55.4 Å². The number of halogens is 10. The number of sulfonamides is 1. The molecule has 0 aliphatic heterocycles. The van der Waals surface area contributed by atoms with Gasteiger partial charge in [-0.1, -0.05) is 11.6 Å². The summed E-state index contributed by atoms with van der Waals surface area (Å²) < 4.78 is 145. The van der Waals surface area contributed by atoms with E-state index in [9.17, 15) is 47.9 Å². The van der Waals surface area contributed by atoms with Crippen molar-refractivity contribution in [2.75, 3.05) is 11.3 Å². The van der Waals surface area contributed by atoms with Gasteiger partial charge in [-0.3, -0.25) is 4.72 Å². The summed E-state index contributed by atoms with van der Waals surface area (Å²) in [5.41, 5.74) is -3.42. The Bertz CT molecular complexity index is 1060. The average Bonchev–Trinajstić information content (AvgIpc) is 2.59. The van der Waals surface area contributed by atoms with Gasteiger partial charge >= 0.3 is 18.5 Å². The Morgan fingerprint density at radius 1 is 0.839 bits per heavy atom. The summed E-state index contributed by atoms with van der Waals surface area (Å²) in [5, 5.41) is -0.761. The van der Waals surface area contributed by atoms with Gasteiger partial charge in [0.15, 0.2) is 6.61 Å². The van der Waals surface area contributed by atoms with Crippen LogP contribution in [0.1, 0.15) is 11.1 Å². The number of anilines is 1. The Morgan fingerprint density at radius 2 is 1.35 bits per heavy atom. The van der Waals surface area contributed by atoms with E-state index in [2.05, 4.69) is 4.74 Å². The number of hydrogen-bond donors (Lipinski definition) is 1. The van der Waals surface area contributed by atoms with Crippen LogP contribution in [0.4, 0.5) is 45.2 Å². The van der Waals surface area contributed by atoms with Crippen molar-refractivity contribution in [3.8, 4) is 5.75 Å². The van der Waals surface area contributed by atoms with E-state index < -0.39 is 67.6 Å². The Morgan fingerprint density at radius 3 is 1.84 bits per heavy atom. The SMILES string of the molecule is O=S(=O)(Nc1ccc(C(F)(F)F)cc1Cl)c1cc(C(F)(F)F)ccc1OCC(F)(F)F. The third kappa shape index (κ3) is 6.56. The summed E-state index contributed by atoms with van der Waals surface area (Å²) in [6, 6.07) is 2.08. The minimum Gasteiger partial charge on any atom is -0.483 e. The number of nitrogens with one attached hydrogen (secondary N) is 1. The van der Waals surface area contributed by atoms with Gasteiger partial charge < -0.3 is 4.74 Å². The highest BCUT2D eigenvalue weighted by molar-refractivity contribution is 7.92. The van der Waals surface area contributed by atoms with E-state index in [1.54, 1.807) is 4.72 Å². The summed E-state index contributed by atoms with van der Waals surface area (Å²) in [5.74, 6) is -1.07. The first-order valence-electron chi connectivity index (χ1n) is 7.70. The molecule has 31 heavy (non-hydrogen) atoms. The van der Waals surface area contributed by atoms with Crippen LogP contribution in [0.2, 0.25) is 5.02 Å². The van der Waals surface area contributed by atoms with E-state index in [0.29, 0.717) is 30.3 Å². The molecule has 0 spiro atoms. The van der Waals surface area contributed by atoms with Crippen LogP contribution in [-0.2, 0) is 22.4 Å². The van der Waals surface area contributed by atoms with Gasteiger partial charge in [-0.15, -0.1) is 0 Å².